The number of nitrogens with one attached hydrogen (secondary N) is 1. The second-order valence-electron chi connectivity index (χ2n) is 6.92. The number of urea groups is 1. The van der Waals surface area contributed by atoms with Gasteiger partial charge in [0.2, 0.25) is 0 Å². The maximum atomic E-state index is 12.6. The van der Waals surface area contributed by atoms with Crippen LogP contribution in [0.1, 0.15) is 32.6 Å². The van der Waals surface area contributed by atoms with E-state index in [2.05, 4.69) is 5.32 Å². The highest BCUT2D eigenvalue weighted by molar-refractivity contribution is 8.00. The molecule has 116 valence electrons. The Kier molecular flexibility index (Phi) is 3.14. The molecule has 0 aromatic rings. The predicted molar refractivity (Wildman–Crippen MR) is 79.9 cm³/mol. The Hall–Kier alpha value is -0.910. The molecule has 1 heterocycles. The zero-order chi connectivity index (χ0) is 14.7. The summed E-state index contributed by atoms with van der Waals surface area (Å²) in [6.07, 6.45) is 4.81. The molecule has 0 radical (unpaired) electrons. The van der Waals surface area contributed by atoms with Crippen LogP contribution in [0, 0.1) is 23.7 Å². The van der Waals surface area contributed by atoms with E-state index in [0.29, 0.717) is 23.6 Å². The number of carbonyl (C=O) groups excluding carboxylic acids is 1. The number of thioether (sulfide) groups is 1. The molecule has 1 aliphatic heterocycles. The van der Waals surface area contributed by atoms with E-state index in [0.717, 1.165) is 18.3 Å². The van der Waals surface area contributed by atoms with E-state index < -0.39 is 12.0 Å². The van der Waals surface area contributed by atoms with Gasteiger partial charge in [0, 0.05) is 11.8 Å². The van der Waals surface area contributed by atoms with Crippen molar-refractivity contribution in [3.8, 4) is 0 Å². The fraction of sp³-hybridized carbons (Fsp3) is 0.867. The number of carboxylic acids is 1. The van der Waals surface area contributed by atoms with Crippen molar-refractivity contribution in [3.05, 3.63) is 0 Å². The summed E-state index contributed by atoms with van der Waals surface area (Å²) >= 11 is 1.58. The zero-order valence-corrected chi connectivity index (χ0v) is 13.0. The van der Waals surface area contributed by atoms with Crippen molar-refractivity contribution < 1.29 is 14.7 Å². The number of rotatable bonds is 3. The zero-order valence-electron chi connectivity index (χ0n) is 12.2. The van der Waals surface area contributed by atoms with Crippen molar-refractivity contribution in [1.29, 1.82) is 0 Å². The summed E-state index contributed by atoms with van der Waals surface area (Å²) in [5.41, 5.74) is 0. The van der Waals surface area contributed by atoms with Crippen LogP contribution < -0.4 is 5.32 Å². The lowest BCUT2D eigenvalue weighted by Crippen LogP contribution is -2.51. The van der Waals surface area contributed by atoms with E-state index in [1.165, 1.54) is 19.3 Å². The number of carbonyl (C=O) groups is 2. The van der Waals surface area contributed by atoms with Crippen LogP contribution in [-0.4, -0.2) is 45.2 Å². The van der Waals surface area contributed by atoms with Crippen molar-refractivity contribution in [1.82, 2.24) is 10.2 Å². The minimum absolute atomic E-state index is 0.00131. The number of aliphatic carboxylic acids is 1. The average Bonchev–Trinajstić information content (AvgIpc) is 2.91. The molecule has 21 heavy (non-hydrogen) atoms. The minimum Gasteiger partial charge on any atom is -0.480 e. The Bertz CT molecular complexity index is 470. The van der Waals surface area contributed by atoms with Crippen molar-refractivity contribution in [2.24, 2.45) is 23.7 Å². The molecule has 0 spiro atoms. The summed E-state index contributed by atoms with van der Waals surface area (Å²) in [5.74, 6) is 2.62. The maximum Gasteiger partial charge on any atom is 0.327 e. The monoisotopic (exact) mass is 310 g/mol. The molecule has 2 amide bonds. The summed E-state index contributed by atoms with van der Waals surface area (Å²) in [6, 6.07) is -0.505. The van der Waals surface area contributed by atoms with Gasteiger partial charge in [-0.2, -0.15) is 0 Å². The second-order valence-corrected chi connectivity index (χ2v) is 8.13. The van der Waals surface area contributed by atoms with Gasteiger partial charge in [0.15, 0.2) is 0 Å². The molecule has 2 bridgehead atoms. The number of nitrogens with zero attached hydrogens (tertiary/aromatic N) is 1. The van der Waals surface area contributed by atoms with Crippen LogP contribution in [0.25, 0.3) is 0 Å². The molecule has 4 fully saturated rings. The third kappa shape index (κ3) is 1.98. The van der Waals surface area contributed by atoms with Gasteiger partial charge in [-0.05, 0) is 49.4 Å². The van der Waals surface area contributed by atoms with E-state index in [1.807, 2.05) is 6.92 Å². The van der Waals surface area contributed by atoms with Crippen molar-refractivity contribution >= 4 is 23.8 Å². The van der Waals surface area contributed by atoms with Crippen LogP contribution in [0.5, 0.6) is 0 Å². The maximum absolute atomic E-state index is 12.6. The van der Waals surface area contributed by atoms with E-state index in [-0.39, 0.29) is 11.4 Å². The van der Waals surface area contributed by atoms with Crippen LogP contribution in [0.15, 0.2) is 0 Å². The number of hydrogen-bond acceptors (Lipinski definition) is 3. The Labute approximate surface area is 128 Å². The van der Waals surface area contributed by atoms with Gasteiger partial charge in [0.1, 0.15) is 6.04 Å². The molecule has 5 nitrogen and oxygen atoms in total. The highest BCUT2D eigenvalue weighted by Gasteiger charge is 2.65. The fourth-order valence-electron chi connectivity index (χ4n) is 5.08. The first kappa shape index (κ1) is 13.7. The van der Waals surface area contributed by atoms with Gasteiger partial charge in [-0.15, -0.1) is 11.8 Å². The predicted octanol–water partition coefficient (Wildman–Crippen LogP) is 1.98. The SMILES string of the molecule is CCC1SCC(C(=O)O)N1C(=O)NC1C2C3CCC(C3)C12. The van der Waals surface area contributed by atoms with Gasteiger partial charge in [-0.3, -0.25) is 4.90 Å². The molecular formula is C15H22N2O3S. The van der Waals surface area contributed by atoms with Gasteiger partial charge in [0.25, 0.3) is 0 Å². The molecule has 6 heteroatoms. The van der Waals surface area contributed by atoms with E-state index >= 15 is 0 Å². The lowest BCUT2D eigenvalue weighted by Gasteiger charge is -2.27. The standard InChI is InChI=1S/C15H22N2O3S/c1-2-10-17(9(6-21-10)14(18)19)15(20)16-13-11-7-3-4-8(5-7)12(11)13/h7-13H,2-6H2,1H3,(H,16,20)(H,18,19). The Morgan fingerprint density at radius 2 is 1.95 bits per heavy atom. The molecule has 2 N–H and O–H groups in total. The minimum atomic E-state index is -0.885. The number of amides is 2. The molecule has 6 atom stereocenters. The molecule has 1 saturated heterocycles. The van der Waals surface area contributed by atoms with Crippen LogP contribution in [0.4, 0.5) is 4.79 Å². The Morgan fingerprint density at radius 3 is 2.52 bits per heavy atom. The third-order valence-electron chi connectivity index (χ3n) is 5.99. The van der Waals surface area contributed by atoms with Crippen LogP contribution in [0.2, 0.25) is 0 Å². The third-order valence-corrected chi connectivity index (χ3v) is 7.44. The summed E-state index contributed by atoms with van der Waals surface area (Å²) in [5, 5.41) is 12.5. The van der Waals surface area contributed by atoms with E-state index in [1.54, 1.807) is 16.7 Å². The van der Waals surface area contributed by atoms with Gasteiger partial charge in [-0.1, -0.05) is 6.92 Å². The van der Waals surface area contributed by atoms with E-state index in [9.17, 15) is 14.7 Å². The molecule has 0 aromatic heterocycles. The number of hydrogen-bond donors (Lipinski definition) is 2. The number of carboxylic acid groups (broad SMARTS) is 1. The van der Waals surface area contributed by atoms with Crippen molar-refractivity contribution in [3.63, 3.8) is 0 Å². The lowest BCUT2D eigenvalue weighted by molar-refractivity contribution is -0.141. The molecule has 3 saturated carbocycles. The second kappa shape index (κ2) is 4.80. The van der Waals surface area contributed by atoms with Crippen LogP contribution >= 0.6 is 11.8 Å². The first-order valence-corrected chi connectivity index (χ1v) is 9.10. The van der Waals surface area contributed by atoms with Crippen molar-refractivity contribution in [2.75, 3.05) is 5.75 Å². The van der Waals surface area contributed by atoms with Gasteiger partial charge < -0.3 is 10.4 Å². The molecule has 3 aliphatic carbocycles. The normalized spacial score (nSPS) is 46.5. The van der Waals surface area contributed by atoms with Crippen LogP contribution in [-0.2, 0) is 4.79 Å². The molecule has 6 unspecified atom stereocenters. The number of fused-ring (bicyclic) bond motifs is 5. The first-order chi connectivity index (χ1) is 10.1. The smallest absolute Gasteiger partial charge is 0.327 e. The quantitative estimate of drug-likeness (QED) is 0.836. The van der Waals surface area contributed by atoms with Gasteiger partial charge in [-0.25, -0.2) is 9.59 Å². The topological polar surface area (TPSA) is 69.6 Å². The Morgan fingerprint density at radius 1 is 1.29 bits per heavy atom. The first-order valence-electron chi connectivity index (χ1n) is 8.05. The highest BCUT2D eigenvalue weighted by atomic mass is 32.2. The average molecular weight is 310 g/mol. The lowest BCUT2D eigenvalue weighted by atomic mass is 10.0. The summed E-state index contributed by atoms with van der Waals surface area (Å²) in [7, 11) is 0. The summed E-state index contributed by atoms with van der Waals surface area (Å²) < 4.78 is 0. The summed E-state index contributed by atoms with van der Waals surface area (Å²) in [4.78, 5) is 25.5. The molecule has 0 aromatic carbocycles. The molecule has 4 rings (SSSR count). The van der Waals surface area contributed by atoms with Crippen molar-refractivity contribution in [2.45, 2.75) is 50.1 Å². The highest BCUT2D eigenvalue weighted by Crippen LogP contribution is 2.65. The van der Waals surface area contributed by atoms with E-state index in [4.69, 9.17) is 0 Å². The molecular weight excluding hydrogens is 288 g/mol. The van der Waals surface area contributed by atoms with Gasteiger partial charge in [0.05, 0.1) is 5.37 Å². The van der Waals surface area contributed by atoms with Gasteiger partial charge >= 0.3 is 12.0 Å². The van der Waals surface area contributed by atoms with Crippen LogP contribution in [0.3, 0.4) is 0 Å². The molecule has 4 aliphatic rings. The summed E-state index contributed by atoms with van der Waals surface area (Å²) in [6.45, 7) is 2.01. The fourth-order valence-corrected chi connectivity index (χ4v) is 6.42. The largest absolute Gasteiger partial charge is 0.480 e. The Balaban J connectivity index is 1.43.